The van der Waals surface area contributed by atoms with E-state index in [0.717, 1.165) is 10.0 Å². The highest BCUT2D eigenvalue weighted by molar-refractivity contribution is 9.10. The van der Waals surface area contributed by atoms with E-state index in [9.17, 15) is 4.79 Å². The summed E-state index contributed by atoms with van der Waals surface area (Å²) in [6.07, 6.45) is 0. The molecule has 0 aromatic heterocycles. The Hall–Kier alpha value is -0.870. The summed E-state index contributed by atoms with van der Waals surface area (Å²) in [5, 5.41) is 2.81. The van der Waals surface area contributed by atoms with Crippen LogP contribution in [0.25, 0.3) is 0 Å². The third-order valence-electron chi connectivity index (χ3n) is 2.17. The molecule has 0 bridgehead atoms. The highest BCUT2D eigenvalue weighted by Gasteiger charge is 2.09. The van der Waals surface area contributed by atoms with Gasteiger partial charge < -0.3 is 11.1 Å². The lowest BCUT2D eigenvalue weighted by atomic mass is 10.1. The molecule has 1 atom stereocenters. The number of amides is 1. The van der Waals surface area contributed by atoms with Crippen molar-refractivity contribution in [3.63, 3.8) is 0 Å². The Kier molecular flexibility index (Phi) is 4.29. The first-order chi connectivity index (χ1) is 7.04. The van der Waals surface area contributed by atoms with Crippen LogP contribution in [0.4, 0.5) is 0 Å². The normalized spacial score (nSPS) is 12.3. The molecule has 3 N–H and O–H groups in total. The number of hydrogen-bond donors (Lipinski definition) is 2. The van der Waals surface area contributed by atoms with Crippen molar-refractivity contribution in [3.8, 4) is 0 Å². The van der Waals surface area contributed by atoms with Crippen LogP contribution < -0.4 is 11.1 Å². The van der Waals surface area contributed by atoms with Crippen molar-refractivity contribution >= 4 is 21.8 Å². The van der Waals surface area contributed by atoms with Crippen LogP contribution in [0.1, 0.15) is 22.8 Å². The van der Waals surface area contributed by atoms with Crippen LogP contribution >= 0.6 is 15.9 Å². The Morgan fingerprint density at radius 3 is 2.80 bits per heavy atom. The number of hydrogen-bond acceptors (Lipinski definition) is 2. The van der Waals surface area contributed by atoms with Gasteiger partial charge in [-0.2, -0.15) is 0 Å². The molecule has 0 saturated carbocycles. The highest BCUT2D eigenvalue weighted by Crippen LogP contribution is 2.17. The minimum absolute atomic E-state index is 0.00224. The molecule has 4 heteroatoms. The van der Waals surface area contributed by atoms with Crippen molar-refractivity contribution in [2.24, 2.45) is 5.73 Å². The molecule has 0 saturated heterocycles. The van der Waals surface area contributed by atoms with Gasteiger partial charge in [-0.1, -0.05) is 22.0 Å². The Morgan fingerprint density at radius 2 is 2.27 bits per heavy atom. The first kappa shape index (κ1) is 12.2. The number of carbonyl (C=O) groups excluding carboxylic acids is 1. The largest absolute Gasteiger partial charge is 0.348 e. The Bertz CT molecular complexity index is 366. The van der Waals surface area contributed by atoms with E-state index in [0.29, 0.717) is 12.1 Å². The summed E-state index contributed by atoms with van der Waals surface area (Å²) in [6, 6.07) is 5.52. The summed E-state index contributed by atoms with van der Waals surface area (Å²) < 4.78 is 0.940. The van der Waals surface area contributed by atoms with Gasteiger partial charge in [-0.05, 0) is 31.5 Å². The fourth-order valence-corrected chi connectivity index (χ4v) is 1.48. The molecule has 1 unspecified atom stereocenters. The van der Waals surface area contributed by atoms with E-state index in [1.54, 1.807) is 6.07 Å². The molecule has 3 nitrogen and oxygen atoms in total. The smallest absolute Gasteiger partial charge is 0.251 e. The zero-order valence-corrected chi connectivity index (χ0v) is 10.5. The van der Waals surface area contributed by atoms with Crippen LogP contribution in [-0.4, -0.2) is 18.5 Å². The topological polar surface area (TPSA) is 55.1 Å². The number of benzene rings is 1. The molecule has 0 aliphatic rings. The SMILES string of the molecule is Cc1ccc(C(=O)NC(C)CN)cc1Br. The second kappa shape index (κ2) is 5.28. The maximum atomic E-state index is 11.7. The van der Waals surface area contributed by atoms with E-state index in [4.69, 9.17) is 5.73 Å². The van der Waals surface area contributed by atoms with E-state index < -0.39 is 0 Å². The first-order valence-corrected chi connectivity index (χ1v) is 5.61. The molecule has 0 heterocycles. The molecular formula is C11H15BrN2O. The zero-order valence-electron chi connectivity index (χ0n) is 8.88. The van der Waals surface area contributed by atoms with E-state index in [2.05, 4.69) is 21.2 Å². The second-order valence-corrected chi connectivity index (χ2v) is 4.43. The fraction of sp³-hybridized carbons (Fsp3) is 0.364. The number of carbonyl (C=O) groups is 1. The van der Waals surface area contributed by atoms with Gasteiger partial charge in [0.15, 0.2) is 0 Å². The Labute approximate surface area is 98.2 Å². The average Bonchev–Trinajstić information content (AvgIpc) is 2.21. The van der Waals surface area contributed by atoms with Crippen LogP contribution in [0, 0.1) is 6.92 Å². The predicted molar refractivity (Wildman–Crippen MR) is 64.9 cm³/mol. The summed E-state index contributed by atoms with van der Waals surface area (Å²) in [7, 11) is 0. The van der Waals surface area contributed by atoms with Crippen molar-refractivity contribution in [3.05, 3.63) is 33.8 Å². The maximum Gasteiger partial charge on any atom is 0.251 e. The summed E-state index contributed by atoms with van der Waals surface area (Å²) in [5.41, 5.74) is 7.18. The van der Waals surface area contributed by atoms with Crippen LogP contribution in [0.2, 0.25) is 0 Å². The number of halogens is 1. The van der Waals surface area contributed by atoms with Crippen LogP contribution in [0.5, 0.6) is 0 Å². The first-order valence-electron chi connectivity index (χ1n) is 4.81. The van der Waals surface area contributed by atoms with Crippen LogP contribution in [0.3, 0.4) is 0 Å². The van der Waals surface area contributed by atoms with Gasteiger partial charge in [-0.3, -0.25) is 4.79 Å². The van der Waals surface area contributed by atoms with Crippen LogP contribution in [0.15, 0.2) is 22.7 Å². The number of nitrogens with one attached hydrogen (secondary N) is 1. The van der Waals surface area contributed by atoms with Crippen molar-refractivity contribution < 1.29 is 4.79 Å². The zero-order chi connectivity index (χ0) is 11.4. The number of rotatable bonds is 3. The standard InChI is InChI=1S/C11H15BrN2O/c1-7-3-4-9(5-10(7)12)11(15)14-8(2)6-13/h3-5,8H,6,13H2,1-2H3,(H,14,15). The van der Waals surface area contributed by atoms with Gasteiger partial charge in [-0.25, -0.2) is 0 Å². The predicted octanol–water partition coefficient (Wildman–Crippen LogP) is 1.83. The molecule has 0 aliphatic heterocycles. The van der Waals surface area contributed by atoms with E-state index in [-0.39, 0.29) is 11.9 Å². The van der Waals surface area contributed by atoms with Gasteiger partial charge >= 0.3 is 0 Å². The van der Waals surface area contributed by atoms with Gasteiger partial charge in [-0.15, -0.1) is 0 Å². The fourth-order valence-electron chi connectivity index (χ4n) is 1.10. The molecule has 1 aromatic carbocycles. The average molecular weight is 271 g/mol. The molecule has 1 amide bonds. The number of nitrogens with two attached hydrogens (primary N) is 1. The van der Waals surface area contributed by atoms with Crippen molar-refractivity contribution in [2.75, 3.05) is 6.54 Å². The monoisotopic (exact) mass is 270 g/mol. The third-order valence-corrected chi connectivity index (χ3v) is 3.02. The summed E-state index contributed by atoms with van der Waals surface area (Å²) in [4.78, 5) is 11.7. The molecule has 0 aliphatic carbocycles. The van der Waals surface area contributed by atoms with Gasteiger partial charge in [0, 0.05) is 22.6 Å². The molecule has 0 radical (unpaired) electrons. The lowest BCUT2D eigenvalue weighted by Crippen LogP contribution is -2.37. The van der Waals surface area contributed by atoms with Crippen molar-refractivity contribution in [1.29, 1.82) is 0 Å². The second-order valence-electron chi connectivity index (χ2n) is 3.57. The van der Waals surface area contributed by atoms with Crippen molar-refractivity contribution in [1.82, 2.24) is 5.32 Å². The molecule has 0 fully saturated rings. The Morgan fingerprint density at radius 1 is 1.60 bits per heavy atom. The van der Waals surface area contributed by atoms with Crippen molar-refractivity contribution in [2.45, 2.75) is 19.9 Å². The van der Waals surface area contributed by atoms with Gasteiger partial charge in [0.05, 0.1) is 0 Å². The van der Waals surface area contributed by atoms with Gasteiger partial charge in [0.1, 0.15) is 0 Å². The lowest BCUT2D eigenvalue weighted by molar-refractivity contribution is 0.0941. The summed E-state index contributed by atoms with van der Waals surface area (Å²) >= 11 is 3.39. The Balaban J connectivity index is 2.78. The molecule has 82 valence electrons. The minimum Gasteiger partial charge on any atom is -0.348 e. The van der Waals surface area contributed by atoms with E-state index >= 15 is 0 Å². The van der Waals surface area contributed by atoms with Crippen LogP contribution in [-0.2, 0) is 0 Å². The lowest BCUT2D eigenvalue weighted by Gasteiger charge is -2.11. The van der Waals surface area contributed by atoms with Gasteiger partial charge in [0.25, 0.3) is 5.91 Å². The summed E-state index contributed by atoms with van der Waals surface area (Å²) in [6.45, 7) is 4.30. The quantitative estimate of drug-likeness (QED) is 0.881. The number of aryl methyl sites for hydroxylation is 1. The highest BCUT2D eigenvalue weighted by atomic mass is 79.9. The van der Waals surface area contributed by atoms with E-state index in [1.165, 1.54) is 0 Å². The maximum absolute atomic E-state index is 11.7. The third kappa shape index (κ3) is 3.32. The molecule has 1 aromatic rings. The van der Waals surface area contributed by atoms with E-state index in [1.807, 2.05) is 26.0 Å². The molecule has 15 heavy (non-hydrogen) atoms. The summed E-state index contributed by atoms with van der Waals surface area (Å²) in [5.74, 6) is -0.0892. The molecule has 1 rings (SSSR count). The minimum atomic E-state index is -0.0892. The van der Waals surface area contributed by atoms with Gasteiger partial charge in [0.2, 0.25) is 0 Å². The molecular weight excluding hydrogens is 256 g/mol. The molecule has 0 spiro atoms.